The van der Waals surface area contributed by atoms with E-state index in [1.807, 2.05) is 0 Å². The third-order valence-corrected chi connectivity index (χ3v) is 11.6. The van der Waals surface area contributed by atoms with Gasteiger partial charge in [-0.3, -0.25) is 0 Å². The zero-order valence-corrected chi connectivity index (χ0v) is 19.4. The summed E-state index contributed by atoms with van der Waals surface area (Å²) in [6.45, 7) is 10.8. The topological polar surface area (TPSA) is 20.2 Å². The van der Waals surface area contributed by atoms with E-state index >= 15 is 0 Å². The van der Waals surface area contributed by atoms with Crippen LogP contribution in [-0.4, -0.2) is 11.7 Å². The maximum atomic E-state index is 9.38. The van der Waals surface area contributed by atoms with Crippen LogP contribution in [0.2, 0.25) is 0 Å². The molecule has 0 aromatic heterocycles. The Morgan fingerprint density at radius 3 is 2.32 bits per heavy atom. The molecule has 7 atom stereocenters. The quantitative estimate of drug-likeness (QED) is 0.496. The maximum absolute atomic E-state index is 9.38. The third kappa shape index (κ3) is 2.88. The summed E-state index contributed by atoms with van der Waals surface area (Å²) in [6.07, 6.45) is 20.1. The number of rotatable bonds is 6. The standard InChI is InChI=1S/C27H48O/c1-5-20(6-2)27-16-8-7-15-26(27,4)24-14-17-25(3)21(10-9-19-28)11-12-23(25)22(24)13-18-27/h20-24,28H,5-19H2,1-4H3/t21?,22?,23?,24?,25?,26?,27-/m0/s1. The molecule has 4 aliphatic rings. The average Bonchev–Trinajstić information content (AvgIpc) is 3.03. The number of fused-ring (bicyclic) bond motifs is 5. The minimum Gasteiger partial charge on any atom is -0.396 e. The lowest BCUT2D eigenvalue weighted by Crippen LogP contribution is -2.59. The summed E-state index contributed by atoms with van der Waals surface area (Å²) < 4.78 is 0. The molecule has 6 unspecified atom stereocenters. The second-order valence-electron chi connectivity index (χ2n) is 11.9. The summed E-state index contributed by atoms with van der Waals surface area (Å²) >= 11 is 0. The maximum Gasteiger partial charge on any atom is 0.0431 e. The van der Waals surface area contributed by atoms with Gasteiger partial charge in [0.05, 0.1) is 0 Å². The smallest absolute Gasteiger partial charge is 0.0431 e. The Morgan fingerprint density at radius 1 is 0.857 bits per heavy atom. The molecule has 0 bridgehead atoms. The summed E-state index contributed by atoms with van der Waals surface area (Å²) in [6, 6.07) is 0. The van der Waals surface area contributed by atoms with Crippen LogP contribution in [0, 0.1) is 45.8 Å². The van der Waals surface area contributed by atoms with Gasteiger partial charge >= 0.3 is 0 Å². The number of hydrogen-bond donors (Lipinski definition) is 1. The molecule has 1 N–H and O–H groups in total. The first kappa shape index (κ1) is 21.2. The second-order valence-corrected chi connectivity index (χ2v) is 11.9. The fourth-order valence-corrected chi connectivity index (χ4v) is 10.2. The largest absolute Gasteiger partial charge is 0.396 e. The van der Waals surface area contributed by atoms with Crippen LogP contribution < -0.4 is 0 Å². The summed E-state index contributed by atoms with van der Waals surface area (Å²) in [5, 5.41) is 9.38. The SMILES string of the molecule is CCC(CC)[C@@]12CCCCC1(C)C1CCC3(C)C(CCCO)CCC3C1CC2. The molecule has 0 aromatic rings. The predicted molar refractivity (Wildman–Crippen MR) is 119 cm³/mol. The molecule has 0 heterocycles. The van der Waals surface area contributed by atoms with Crippen molar-refractivity contribution in [1.29, 1.82) is 0 Å². The van der Waals surface area contributed by atoms with Crippen LogP contribution in [0.15, 0.2) is 0 Å². The molecule has 162 valence electrons. The lowest BCUT2D eigenvalue weighted by atomic mass is 9.37. The minimum atomic E-state index is 0.388. The van der Waals surface area contributed by atoms with Crippen LogP contribution in [-0.2, 0) is 0 Å². The molecular formula is C27H48O. The van der Waals surface area contributed by atoms with Crippen molar-refractivity contribution in [1.82, 2.24) is 0 Å². The molecule has 1 nitrogen and oxygen atoms in total. The molecule has 4 fully saturated rings. The predicted octanol–water partition coefficient (Wildman–Crippen LogP) is 7.61. The van der Waals surface area contributed by atoms with Crippen molar-refractivity contribution >= 4 is 0 Å². The molecule has 4 aliphatic carbocycles. The van der Waals surface area contributed by atoms with Gasteiger partial charge in [-0.05, 0) is 110 Å². The van der Waals surface area contributed by atoms with Crippen LogP contribution in [0.25, 0.3) is 0 Å². The third-order valence-electron chi connectivity index (χ3n) is 11.6. The van der Waals surface area contributed by atoms with Crippen molar-refractivity contribution < 1.29 is 5.11 Å². The van der Waals surface area contributed by atoms with E-state index in [2.05, 4.69) is 27.7 Å². The van der Waals surface area contributed by atoms with Gasteiger partial charge in [-0.2, -0.15) is 0 Å². The molecule has 0 radical (unpaired) electrons. The summed E-state index contributed by atoms with van der Waals surface area (Å²) in [4.78, 5) is 0. The molecule has 0 spiro atoms. The van der Waals surface area contributed by atoms with Crippen molar-refractivity contribution in [2.24, 2.45) is 45.8 Å². The van der Waals surface area contributed by atoms with E-state index in [1.54, 1.807) is 0 Å². The van der Waals surface area contributed by atoms with E-state index in [4.69, 9.17) is 0 Å². The molecule has 0 aliphatic heterocycles. The van der Waals surface area contributed by atoms with Gasteiger partial charge in [0, 0.05) is 6.61 Å². The van der Waals surface area contributed by atoms with Gasteiger partial charge in [0.1, 0.15) is 0 Å². The van der Waals surface area contributed by atoms with Gasteiger partial charge < -0.3 is 5.11 Å². The first-order chi connectivity index (χ1) is 13.5. The highest BCUT2D eigenvalue weighted by atomic mass is 16.2. The monoisotopic (exact) mass is 388 g/mol. The van der Waals surface area contributed by atoms with Crippen molar-refractivity contribution in [3.05, 3.63) is 0 Å². The molecule has 1 heteroatoms. The van der Waals surface area contributed by atoms with Crippen molar-refractivity contribution in [3.8, 4) is 0 Å². The van der Waals surface area contributed by atoms with Crippen LogP contribution in [0.4, 0.5) is 0 Å². The van der Waals surface area contributed by atoms with Gasteiger partial charge in [0.25, 0.3) is 0 Å². The number of hydrogen-bond acceptors (Lipinski definition) is 1. The highest BCUT2D eigenvalue weighted by molar-refractivity contribution is 5.13. The first-order valence-corrected chi connectivity index (χ1v) is 13.1. The Kier molecular flexibility index (Phi) is 5.98. The molecule has 4 saturated carbocycles. The van der Waals surface area contributed by atoms with Gasteiger partial charge in [-0.1, -0.05) is 53.4 Å². The Labute approximate surface area is 175 Å². The zero-order chi connectivity index (χ0) is 20.0. The highest BCUT2D eigenvalue weighted by Gasteiger charge is 2.64. The van der Waals surface area contributed by atoms with Crippen molar-refractivity contribution in [2.45, 2.75) is 118 Å². The Balaban J connectivity index is 1.62. The number of aliphatic hydroxyl groups excluding tert-OH is 1. The molecular weight excluding hydrogens is 340 g/mol. The second kappa shape index (κ2) is 7.90. The van der Waals surface area contributed by atoms with Crippen LogP contribution >= 0.6 is 0 Å². The first-order valence-electron chi connectivity index (χ1n) is 13.1. The average molecular weight is 389 g/mol. The Bertz CT molecular complexity index is 538. The Hall–Kier alpha value is -0.0400. The van der Waals surface area contributed by atoms with Crippen LogP contribution in [0.3, 0.4) is 0 Å². The van der Waals surface area contributed by atoms with Crippen LogP contribution in [0.5, 0.6) is 0 Å². The minimum absolute atomic E-state index is 0.388. The number of aliphatic hydroxyl groups is 1. The van der Waals surface area contributed by atoms with Gasteiger partial charge in [-0.25, -0.2) is 0 Å². The van der Waals surface area contributed by atoms with Gasteiger partial charge in [-0.15, -0.1) is 0 Å². The summed E-state index contributed by atoms with van der Waals surface area (Å²) in [7, 11) is 0. The summed E-state index contributed by atoms with van der Waals surface area (Å²) in [5.41, 5.74) is 1.84. The van der Waals surface area contributed by atoms with E-state index in [9.17, 15) is 5.11 Å². The summed E-state index contributed by atoms with van der Waals surface area (Å²) in [5.74, 6) is 4.82. The van der Waals surface area contributed by atoms with Gasteiger partial charge in [0.15, 0.2) is 0 Å². The molecule has 28 heavy (non-hydrogen) atoms. The zero-order valence-electron chi connectivity index (χ0n) is 19.4. The van der Waals surface area contributed by atoms with E-state index in [1.165, 1.54) is 83.5 Å². The fraction of sp³-hybridized carbons (Fsp3) is 1.00. The fourth-order valence-electron chi connectivity index (χ4n) is 10.2. The molecule has 0 aromatic carbocycles. The lowest BCUT2D eigenvalue weighted by molar-refractivity contribution is -0.183. The van der Waals surface area contributed by atoms with Gasteiger partial charge in [0.2, 0.25) is 0 Å². The lowest BCUT2D eigenvalue weighted by Gasteiger charge is -2.67. The molecule has 0 amide bonds. The van der Waals surface area contributed by atoms with E-state index in [-0.39, 0.29) is 0 Å². The van der Waals surface area contributed by atoms with Crippen molar-refractivity contribution in [2.75, 3.05) is 6.61 Å². The normalized spacial score (nSPS) is 48.2. The molecule has 0 saturated heterocycles. The van der Waals surface area contributed by atoms with E-state index in [0.717, 1.165) is 36.0 Å². The molecule has 4 rings (SSSR count). The van der Waals surface area contributed by atoms with Crippen LogP contribution in [0.1, 0.15) is 118 Å². The highest BCUT2D eigenvalue weighted by Crippen LogP contribution is 2.73. The van der Waals surface area contributed by atoms with E-state index in [0.29, 0.717) is 22.9 Å². The van der Waals surface area contributed by atoms with E-state index < -0.39 is 0 Å². The Morgan fingerprint density at radius 2 is 1.61 bits per heavy atom. The van der Waals surface area contributed by atoms with Crippen molar-refractivity contribution in [3.63, 3.8) is 0 Å².